The lowest BCUT2D eigenvalue weighted by Crippen LogP contribution is -2.50. The Morgan fingerprint density at radius 2 is 2.08 bits per heavy atom. The molecule has 1 aromatic carbocycles. The van der Waals surface area contributed by atoms with Gasteiger partial charge in [0.05, 0.1) is 12.0 Å². The van der Waals surface area contributed by atoms with Gasteiger partial charge in [0.25, 0.3) is 0 Å². The summed E-state index contributed by atoms with van der Waals surface area (Å²) in [7, 11) is 1.59. The van der Waals surface area contributed by atoms with E-state index in [1.54, 1.807) is 14.0 Å². The molecule has 1 fully saturated rings. The van der Waals surface area contributed by atoms with Gasteiger partial charge in [-0.3, -0.25) is 4.79 Å². The number of carbonyl (C=O) groups excluding carboxylic acids is 1. The van der Waals surface area contributed by atoms with Crippen LogP contribution >= 0.6 is 0 Å². The number of hydrogen-bond acceptors (Lipinski definition) is 4. The second kappa shape index (κ2) is 8.80. The number of aliphatic carboxylic acids is 1. The first-order valence-corrected chi connectivity index (χ1v) is 8.36. The van der Waals surface area contributed by atoms with Crippen LogP contribution < -0.4 is 10.6 Å². The van der Waals surface area contributed by atoms with E-state index in [1.807, 2.05) is 30.3 Å². The lowest BCUT2D eigenvalue weighted by molar-refractivity contribution is -0.143. The Morgan fingerprint density at radius 1 is 1.38 bits per heavy atom. The van der Waals surface area contributed by atoms with Crippen molar-refractivity contribution >= 4 is 11.9 Å². The Balaban J connectivity index is 1.99. The van der Waals surface area contributed by atoms with E-state index in [0.717, 1.165) is 24.9 Å². The molecule has 1 amide bonds. The van der Waals surface area contributed by atoms with Gasteiger partial charge in [-0.2, -0.15) is 0 Å². The van der Waals surface area contributed by atoms with Crippen molar-refractivity contribution in [1.29, 1.82) is 0 Å². The maximum Gasteiger partial charge on any atom is 0.326 e. The smallest absolute Gasteiger partial charge is 0.326 e. The van der Waals surface area contributed by atoms with Gasteiger partial charge < -0.3 is 20.5 Å². The zero-order chi connectivity index (χ0) is 17.5. The quantitative estimate of drug-likeness (QED) is 0.665. The molecule has 1 saturated heterocycles. The predicted molar refractivity (Wildman–Crippen MR) is 90.7 cm³/mol. The molecule has 4 atom stereocenters. The molecular formula is C18H26N2O4. The van der Waals surface area contributed by atoms with Gasteiger partial charge >= 0.3 is 5.97 Å². The number of carboxylic acid groups (broad SMARTS) is 1. The van der Waals surface area contributed by atoms with Crippen LogP contribution in [0.3, 0.4) is 0 Å². The zero-order valence-corrected chi connectivity index (χ0v) is 14.2. The van der Waals surface area contributed by atoms with Gasteiger partial charge in [-0.25, -0.2) is 4.79 Å². The molecule has 4 unspecified atom stereocenters. The first-order valence-electron chi connectivity index (χ1n) is 8.36. The molecule has 0 saturated carbocycles. The van der Waals surface area contributed by atoms with E-state index >= 15 is 0 Å². The monoisotopic (exact) mass is 334 g/mol. The summed E-state index contributed by atoms with van der Waals surface area (Å²) in [6, 6.07) is 8.47. The van der Waals surface area contributed by atoms with Gasteiger partial charge in [0.2, 0.25) is 5.91 Å². The fraction of sp³-hybridized carbons (Fsp3) is 0.556. The SMILES string of the molecule is COC(C1CCCN1)C(C)C(=O)NC(Cc1ccccc1)C(=O)O. The van der Waals surface area contributed by atoms with E-state index < -0.39 is 17.9 Å². The van der Waals surface area contributed by atoms with Crippen LogP contribution in [0.4, 0.5) is 0 Å². The van der Waals surface area contributed by atoms with E-state index in [9.17, 15) is 14.7 Å². The number of ether oxygens (including phenoxy) is 1. The minimum absolute atomic E-state index is 0.133. The number of methoxy groups -OCH3 is 1. The van der Waals surface area contributed by atoms with Gasteiger partial charge in [-0.1, -0.05) is 37.3 Å². The maximum atomic E-state index is 12.5. The lowest BCUT2D eigenvalue weighted by Gasteiger charge is -2.28. The average Bonchev–Trinajstić information content (AvgIpc) is 3.09. The van der Waals surface area contributed by atoms with Crippen molar-refractivity contribution in [2.75, 3.05) is 13.7 Å². The Morgan fingerprint density at radius 3 is 2.62 bits per heavy atom. The molecule has 0 aromatic heterocycles. The summed E-state index contributed by atoms with van der Waals surface area (Å²) in [5.41, 5.74) is 0.874. The van der Waals surface area contributed by atoms with E-state index in [2.05, 4.69) is 10.6 Å². The van der Waals surface area contributed by atoms with Crippen LogP contribution in [0.5, 0.6) is 0 Å². The van der Waals surface area contributed by atoms with Crippen molar-refractivity contribution in [3.8, 4) is 0 Å². The molecule has 0 spiro atoms. The van der Waals surface area contributed by atoms with Crippen LogP contribution in [-0.2, 0) is 20.7 Å². The number of hydrogen-bond donors (Lipinski definition) is 3. The summed E-state index contributed by atoms with van der Waals surface area (Å²) in [6.45, 7) is 2.70. The van der Waals surface area contributed by atoms with Crippen molar-refractivity contribution in [2.24, 2.45) is 5.92 Å². The standard InChI is InChI=1S/C18H26N2O4/c1-12(16(24-2)14-9-6-10-19-14)17(21)20-15(18(22)23)11-13-7-4-3-5-8-13/h3-5,7-8,12,14-16,19H,6,9-11H2,1-2H3,(H,20,21)(H,22,23). The second-order valence-corrected chi connectivity index (χ2v) is 6.28. The van der Waals surface area contributed by atoms with E-state index in [4.69, 9.17) is 4.74 Å². The summed E-state index contributed by atoms with van der Waals surface area (Å²) in [5.74, 6) is -1.76. The summed E-state index contributed by atoms with van der Waals surface area (Å²) >= 11 is 0. The molecule has 24 heavy (non-hydrogen) atoms. The minimum Gasteiger partial charge on any atom is -0.480 e. The molecule has 0 aliphatic carbocycles. The molecule has 1 aliphatic rings. The number of carbonyl (C=O) groups is 2. The fourth-order valence-electron chi connectivity index (χ4n) is 3.21. The summed E-state index contributed by atoms with van der Waals surface area (Å²) in [4.78, 5) is 24.0. The van der Waals surface area contributed by atoms with Gasteiger partial charge in [-0.15, -0.1) is 0 Å². The van der Waals surface area contributed by atoms with E-state index in [1.165, 1.54) is 0 Å². The van der Waals surface area contributed by atoms with Crippen LogP contribution in [0.2, 0.25) is 0 Å². The van der Waals surface area contributed by atoms with Crippen LogP contribution in [0, 0.1) is 5.92 Å². The molecule has 6 nitrogen and oxygen atoms in total. The molecule has 1 heterocycles. The summed E-state index contributed by atoms with van der Waals surface area (Å²) in [6.07, 6.45) is 2.01. The summed E-state index contributed by atoms with van der Waals surface area (Å²) in [5, 5.41) is 15.4. The molecule has 1 aliphatic heterocycles. The molecule has 0 bridgehead atoms. The third kappa shape index (κ3) is 4.79. The van der Waals surface area contributed by atoms with Crippen molar-refractivity contribution in [1.82, 2.24) is 10.6 Å². The Bertz CT molecular complexity index is 543. The third-order valence-corrected chi connectivity index (χ3v) is 4.57. The summed E-state index contributed by atoms with van der Waals surface area (Å²) < 4.78 is 5.51. The highest BCUT2D eigenvalue weighted by Gasteiger charge is 2.34. The first-order chi connectivity index (χ1) is 11.5. The fourth-order valence-corrected chi connectivity index (χ4v) is 3.21. The number of nitrogens with one attached hydrogen (secondary N) is 2. The van der Waals surface area contributed by atoms with Crippen LogP contribution in [0.25, 0.3) is 0 Å². The highest BCUT2D eigenvalue weighted by Crippen LogP contribution is 2.19. The lowest BCUT2D eigenvalue weighted by atomic mass is 9.95. The Kier molecular flexibility index (Phi) is 6.75. The molecular weight excluding hydrogens is 308 g/mol. The second-order valence-electron chi connectivity index (χ2n) is 6.28. The molecule has 0 radical (unpaired) electrons. The Labute approximate surface area is 142 Å². The highest BCUT2D eigenvalue weighted by molar-refractivity contribution is 5.85. The number of benzene rings is 1. The van der Waals surface area contributed by atoms with Gasteiger partial charge in [0.15, 0.2) is 0 Å². The molecule has 6 heteroatoms. The van der Waals surface area contributed by atoms with Crippen molar-refractivity contribution in [3.05, 3.63) is 35.9 Å². The topological polar surface area (TPSA) is 87.7 Å². The molecule has 1 aromatic rings. The third-order valence-electron chi connectivity index (χ3n) is 4.57. The predicted octanol–water partition coefficient (Wildman–Crippen LogP) is 1.20. The minimum atomic E-state index is -1.03. The number of rotatable bonds is 8. The van der Waals surface area contributed by atoms with Crippen molar-refractivity contribution in [3.63, 3.8) is 0 Å². The average molecular weight is 334 g/mol. The number of amides is 1. The normalized spacial score (nSPS) is 21.0. The number of carboxylic acids is 1. The molecule has 2 rings (SSSR count). The highest BCUT2D eigenvalue weighted by atomic mass is 16.5. The van der Waals surface area contributed by atoms with Gasteiger partial charge in [0, 0.05) is 19.6 Å². The van der Waals surface area contributed by atoms with E-state index in [0.29, 0.717) is 0 Å². The van der Waals surface area contributed by atoms with Crippen molar-refractivity contribution < 1.29 is 19.4 Å². The van der Waals surface area contributed by atoms with Crippen molar-refractivity contribution in [2.45, 2.75) is 44.4 Å². The largest absolute Gasteiger partial charge is 0.480 e. The Hall–Kier alpha value is -1.92. The zero-order valence-electron chi connectivity index (χ0n) is 14.2. The van der Waals surface area contributed by atoms with Gasteiger partial charge in [-0.05, 0) is 24.9 Å². The van der Waals surface area contributed by atoms with Crippen LogP contribution in [0.15, 0.2) is 30.3 Å². The first kappa shape index (κ1) is 18.4. The van der Waals surface area contributed by atoms with E-state index in [-0.39, 0.29) is 24.5 Å². The van der Waals surface area contributed by atoms with Crippen LogP contribution in [-0.4, -0.2) is 48.8 Å². The van der Waals surface area contributed by atoms with Crippen LogP contribution in [0.1, 0.15) is 25.3 Å². The molecule has 3 N–H and O–H groups in total. The van der Waals surface area contributed by atoms with Gasteiger partial charge in [0.1, 0.15) is 6.04 Å². The maximum absolute atomic E-state index is 12.5. The molecule has 132 valence electrons.